The summed E-state index contributed by atoms with van der Waals surface area (Å²) in [6.45, 7) is 4.85. The minimum Gasteiger partial charge on any atom is -0.386 e. The molecule has 1 aliphatic rings. The van der Waals surface area contributed by atoms with E-state index in [0.29, 0.717) is 5.75 Å². The molecule has 25 heavy (non-hydrogen) atoms. The van der Waals surface area contributed by atoms with Crippen LogP contribution in [-0.2, 0) is 0 Å². The molecule has 1 heterocycles. The first-order valence-corrected chi connectivity index (χ1v) is 10.2. The van der Waals surface area contributed by atoms with E-state index in [2.05, 4.69) is 11.0 Å². The van der Waals surface area contributed by atoms with Crippen LogP contribution < -0.4 is 9.80 Å². The number of hydrogen-bond donors (Lipinski definition) is 2. The summed E-state index contributed by atoms with van der Waals surface area (Å²) in [5.41, 5.74) is 1.19. The third-order valence-electron chi connectivity index (χ3n) is 4.42. The van der Waals surface area contributed by atoms with Crippen molar-refractivity contribution in [2.45, 2.75) is 11.0 Å². The molecule has 0 unspecified atom stereocenters. The molecule has 2 N–H and O–H groups in total. The number of quaternary nitrogens is 1. The summed E-state index contributed by atoms with van der Waals surface area (Å²) in [6, 6.07) is 15.8. The van der Waals surface area contributed by atoms with E-state index in [1.165, 1.54) is 10.6 Å². The molecule has 0 amide bonds. The smallest absolute Gasteiger partial charge is 0.112 e. The van der Waals surface area contributed by atoms with Crippen LogP contribution in [0.15, 0.2) is 53.4 Å². The standard InChI is InChI=1S/C19H22Cl2N2OS/c20-15-4-6-19(7-5-15)25-14-18(24)13-22-8-10-23(11-9-22)17-3-1-2-16(21)12-17/h1-7,12,18,24H,8-11,13-14H2/p+1/t18-/m1/s1. The number of nitrogens with one attached hydrogen (secondary N) is 1. The SMILES string of the molecule is O[C@@H](CSc1ccc(Cl)cc1)C[NH+]1CCN(c2cccc(Cl)c2)CC1. The lowest BCUT2D eigenvalue weighted by Crippen LogP contribution is -3.15. The summed E-state index contributed by atoms with van der Waals surface area (Å²) in [7, 11) is 0. The topological polar surface area (TPSA) is 27.9 Å². The molecule has 2 aromatic carbocycles. The van der Waals surface area contributed by atoms with Gasteiger partial charge in [-0.1, -0.05) is 29.3 Å². The van der Waals surface area contributed by atoms with Crippen LogP contribution in [0.25, 0.3) is 0 Å². The molecule has 3 rings (SSSR count). The fourth-order valence-corrected chi connectivity index (χ4v) is 4.22. The van der Waals surface area contributed by atoms with Crippen molar-refractivity contribution in [3.8, 4) is 0 Å². The zero-order valence-electron chi connectivity index (χ0n) is 14.0. The third kappa shape index (κ3) is 5.80. The molecule has 0 aromatic heterocycles. The van der Waals surface area contributed by atoms with Gasteiger partial charge in [0.05, 0.1) is 26.2 Å². The molecular weight excluding hydrogens is 375 g/mol. The van der Waals surface area contributed by atoms with Crippen molar-refractivity contribution >= 4 is 40.7 Å². The number of thioether (sulfide) groups is 1. The fraction of sp³-hybridized carbons (Fsp3) is 0.368. The second-order valence-electron chi connectivity index (χ2n) is 6.34. The van der Waals surface area contributed by atoms with Crippen LogP contribution in [0.4, 0.5) is 5.69 Å². The van der Waals surface area contributed by atoms with E-state index in [-0.39, 0.29) is 6.10 Å². The highest BCUT2D eigenvalue weighted by Gasteiger charge is 2.22. The molecule has 0 radical (unpaired) electrons. The Morgan fingerprint density at radius 2 is 1.76 bits per heavy atom. The predicted octanol–water partition coefficient (Wildman–Crippen LogP) is 2.85. The molecule has 3 nitrogen and oxygen atoms in total. The van der Waals surface area contributed by atoms with Crippen molar-refractivity contribution in [1.82, 2.24) is 0 Å². The highest BCUT2D eigenvalue weighted by Crippen LogP contribution is 2.21. The number of piperazine rings is 1. The Hall–Kier alpha value is -0.910. The maximum Gasteiger partial charge on any atom is 0.112 e. The van der Waals surface area contributed by atoms with Crippen molar-refractivity contribution < 1.29 is 10.0 Å². The number of benzene rings is 2. The van der Waals surface area contributed by atoms with Gasteiger partial charge in [-0.2, -0.15) is 0 Å². The zero-order valence-corrected chi connectivity index (χ0v) is 16.3. The average Bonchev–Trinajstić information content (AvgIpc) is 2.62. The number of aliphatic hydroxyl groups is 1. The van der Waals surface area contributed by atoms with Crippen LogP contribution in [0.2, 0.25) is 10.0 Å². The van der Waals surface area contributed by atoms with Gasteiger partial charge < -0.3 is 14.9 Å². The van der Waals surface area contributed by atoms with Crippen molar-refractivity contribution in [1.29, 1.82) is 0 Å². The van der Waals surface area contributed by atoms with Crippen molar-refractivity contribution in [2.24, 2.45) is 0 Å². The molecular formula is C19H23Cl2N2OS+. The molecule has 0 spiro atoms. The van der Waals surface area contributed by atoms with Crippen LogP contribution in [0.5, 0.6) is 0 Å². The van der Waals surface area contributed by atoms with Gasteiger partial charge in [-0.05, 0) is 42.5 Å². The van der Waals surface area contributed by atoms with E-state index in [9.17, 15) is 5.11 Å². The largest absolute Gasteiger partial charge is 0.386 e. The minimum absolute atomic E-state index is 0.298. The molecule has 0 bridgehead atoms. The Bertz CT molecular complexity index is 675. The first-order valence-electron chi connectivity index (χ1n) is 8.50. The molecule has 6 heteroatoms. The number of anilines is 1. The van der Waals surface area contributed by atoms with Crippen LogP contribution >= 0.6 is 35.0 Å². The third-order valence-corrected chi connectivity index (χ3v) is 6.07. The van der Waals surface area contributed by atoms with Gasteiger partial charge in [0, 0.05) is 26.4 Å². The number of rotatable bonds is 6. The van der Waals surface area contributed by atoms with Gasteiger partial charge >= 0.3 is 0 Å². The van der Waals surface area contributed by atoms with Crippen LogP contribution in [0, 0.1) is 0 Å². The highest BCUT2D eigenvalue weighted by molar-refractivity contribution is 7.99. The minimum atomic E-state index is -0.298. The number of nitrogens with zero attached hydrogens (tertiary/aromatic N) is 1. The summed E-state index contributed by atoms with van der Waals surface area (Å²) < 4.78 is 0. The van der Waals surface area contributed by atoms with Crippen LogP contribution in [0.3, 0.4) is 0 Å². The lowest BCUT2D eigenvalue weighted by atomic mass is 10.2. The Balaban J connectivity index is 1.41. The average molecular weight is 398 g/mol. The second kappa shape index (κ2) is 9.15. The second-order valence-corrected chi connectivity index (χ2v) is 8.31. The normalized spacial score (nSPS) is 16.8. The molecule has 1 atom stereocenters. The fourth-order valence-electron chi connectivity index (χ4n) is 3.07. The molecule has 2 aromatic rings. The van der Waals surface area contributed by atoms with Gasteiger partial charge in [-0.15, -0.1) is 11.8 Å². The number of aliphatic hydroxyl groups excluding tert-OH is 1. The summed E-state index contributed by atoms with van der Waals surface area (Å²) >= 11 is 13.7. The Kier molecular flexibility index (Phi) is 6.91. The van der Waals surface area contributed by atoms with Crippen molar-refractivity contribution in [2.75, 3.05) is 43.4 Å². The van der Waals surface area contributed by atoms with Crippen LogP contribution in [-0.4, -0.2) is 49.7 Å². The number of halogens is 2. The number of hydrogen-bond acceptors (Lipinski definition) is 3. The van der Waals surface area contributed by atoms with E-state index >= 15 is 0 Å². The highest BCUT2D eigenvalue weighted by atomic mass is 35.5. The molecule has 1 aliphatic heterocycles. The van der Waals surface area contributed by atoms with Crippen molar-refractivity contribution in [3.05, 3.63) is 58.6 Å². The monoisotopic (exact) mass is 397 g/mol. The Labute approximate surface area is 163 Å². The van der Waals surface area contributed by atoms with Crippen molar-refractivity contribution in [3.63, 3.8) is 0 Å². The predicted molar refractivity (Wildman–Crippen MR) is 107 cm³/mol. The van der Waals surface area contributed by atoms with E-state index in [1.807, 2.05) is 42.5 Å². The lowest BCUT2D eigenvalue weighted by molar-refractivity contribution is -0.903. The van der Waals surface area contributed by atoms with Gasteiger partial charge in [-0.3, -0.25) is 0 Å². The van der Waals surface area contributed by atoms with E-state index in [1.54, 1.807) is 11.8 Å². The Morgan fingerprint density at radius 3 is 2.44 bits per heavy atom. The maximum atomic E-state index is 10.3. The van der Waals surface area contributed by atoms with Gasteiger partial charge in [-0.25, -0.2) is 0 Å². The van der Waals surface area contributed by atoms with E-state index in [4.69, 9.17) is 23.2 Å². The van der Waals surface area contributed by atoms with Gasteiger partial charge in [0.1, 0.15) is 12.6 Å². The zero-order chi connectivity index (χ0) is 17.6. The first kappa shape index (κ1) is 18.9. The Morgan fingerprint density at radius 1 is 1.04 bits per heavy atom. The summed E-state index contributed by atoms with van der Waals surface area (Å²) in [4.78, 5) is 4.97. The van der Waals surface area contributed by atoms with E-state index < -0.39 is 0 Å². The summed E-state index contributed by atoms with van der Waals surface area (Å²) in [6.07, 6.45) is -0.298. The molecule has 0 saturated carbocycles. The summed E-state index contributed by atoms with van der Waals surface area (Å²) in [5.74, 6) is 0.711. The van der Waals surface area contributed by atoms with E-state index in [0.717, 1.165) is 47.7 Å². The maximum absolute atomic E-state index is 10.3. The molecule has 134 valence electrons. The first-order chi connectivity index (χ1) is 12.1. The van der Waals surface area contributed by atoms with Gasteiger partial charge in [0.15, 0.2) is 0 Å². The van der Waals surface area contributed by atoms with Gasteiger partial charge in [0.2, 0.25) is 0 Å². The quantitative estimate of drug-likeness (QED) is 0.733. The molecule has 0 aliphatic carbocycles. The molecule has 1 saturated heterocycles. The van der Waals surface area contributed by atoms with Gasteiger partial charge in [0.25, 0.3) is 0 Å². The lowest BCUT2D eigenvalue weighted by Gasteiger charge is -2.34. The summed E-state index contributed by atoms with van der Waals surface area (Å²) in [5, 5.41) is 11.9. The van der Waals surface area contributed by atoms with Crippen LogP contribution in [0.1, 0.15) is 0 Å². The molecule has 1 fully saturated rings.